The number of carbonyl (C=O) groups is 1. The first-order valence-electron chi connectivity index (χ1n) is 10.4. The molecule has 9 heteroatoms. The molecule has 1 N–H and O–H groups in total. The summed E-state index contributed by atoms with van der Waals surface area (Å²) in [5.41, 5.74) is 2.20. The summed E-state index contributed by atoms with van der Waals surface area (Å²) in [6.45, 7) is 1.82. The number of halogens is 2. The highest BCUT2D eigenvalue weighted by molar-refractivity contribution is 6.12. The molecule has 1 aliphatic rings. The second kappa shape index (κ2) is 8.35. The van der Waals surface area contributed by atoms with Crippen molar-refractivity contribution in [1.29, 1.82) is 0 Å². The minimum Gasteiger partial charge on any atom is -0.493 e. The minimum absolute atomic E-state index is 0.0116. The molecule has 34 heavy (non-hydrogen) atoms. The van der Waals surface area contributed by atoms with E-state index in [1.807, 2.05) is 0 Å². The number of nitroso groups, excluding NO2 is 1. The molecule has 0 amide bonds. The van der Waals surface area contributed by atoms with Gasteiger partial charge in [-0.1, -0.05) is 0 Å². The minimum atomic E-state index is -0.491. The number of ketones is 1. The molecule has 0 radical (unpaired) electrons. The van der Waals surface area contributed by atoms with E-state index in [4.69, 9.17) is 9.47 Å². The van der Waals surface area contributed by atoms with Gasteiger partial charge in [-0.2, -0.15) is 0 Å². The second-order valence-corrected chi connectivity index (χ2v) is 8.03. The number of benzene rings is 3. The molecule has 0 saturated heterocycles. The maximum absolute atomic E-state index is 14.2. The zero-order valence-electron chi connectivity index (χ0n) is 18.0. The van der Waals surface area contributed by atoms with Crippen molar-refractivity contribution >= 4 is 22.4 Å². The number of nitrogens with zero attached hydrogens (tertiary/aromatic N) is 2. The number of aryl methyl sites for hydroxylation is 1. The third-order valence-corrected chi connectivity index (χ3v) is 5.88. The zero-order valence-corrected chi connectivity index (χ0v) is 18.0. The lowest BCUT2D eigenvalue weighted by Gasteiger charge is -2.21. The summed E-state index contributed by atoms with van der Waals surface area (Å²) in [6.07, 6.45) is 0. The van der Waals surface area contributed by atoms with Crippen molar-refractivity contribution in [3.8, 4) is 11.6 Å². The van der Waals surface area contributed by atoms with Gasteiger partial charge >= 0.3 is 0 Å². The van der Waals surface area contributed by atoms with Gasteiger partial charge < -0.3 is 19.1 Å². The first kappa shape index (κ1) is 21.7. The summed E-state index contributed by atoms with van der Waals surface area (Å²) >= 11 is 0. The number of hydrogen-bond acceptors (Lipinski definition) is 6. The third-order valence-electron chi connectivity index (χ3n) is 5.88. The van der Waals surface area contributed by atoms with Crippen molar-refractivity contribution in [2.24, 2.45) is 5.18 Å². The number of hydrogen-bond donors (Lipinski definition) is 1. The highest BCUT2D eigenvalue weighted by atomic mass is 19.1. The van der Waals surface area contributed by atoms with Gasteiger partial charge in [0, 0.05) is 27.6 Å². The smallest absolute Gasteiger partial charge is 0.222 e. The molecule has 4 aromatic rings. The number of carbonyl (C=O) groups excluding carboxylic acids is 1. The molecular formula is C25H18F2N2O5. The molecule has 0 bridgehead atoms. The van der Waals surface area contributed by atoms with E-state index in [-0.39, 0.29) is 42.4 Å². The summed E-state index contributed by atoms with van der Waals surface area (Å²) in [6, 6.07) is 11.0. The van der Waals surface area contributed by atoms with E-state index in [1.54, 1.807) is 19.1 Å². The van der Waals surface area contributed by atoms with E-state index in [2.05, 4.69) is 5.18 Å². The molecule has 0 atom stereocenters. The Morgan fingerprint density at radius 3 is 2.71 bits per heavy atom. The molecule has 1 aromatic heterocycles. The summed E-state index contributed by atoms with van der Waals surface area (Å²) < 4.78 is 39.8. The van der Waals surface area contributed by atoms with Gasteiger partial charge in [-0.25, -0.2) is 8.78 Å². The van der Waals surface area contributed by atoms with Crippen LogP contribution >= 0.6 is 0 Å². The van der Waals surface area contributed by atoms with E-state index in [0.29, 0.717) is 33.5 Å². The summed E-state index contributed by atoms with van der Waals surface area (Å²) in [5.74, 6) is -1.27. The molecule has 0 fully saturated rings. The van der Waals surface area contributed by atoms with Gasteiger partial charge in [-0.3, -0.25) is 4.79 Å². The van der Waals surface area contributed by atoms with Gasteiger partial charge in [0.1, 0.15) is 17.4 Å². The molecule has 172 valence electrons. The van der Waals surface area contributed by atoms with Crippen LogP contribution < -0.4 is 4.74 Å². The maximum Gasteiger partial charge on any atom is 0.222 e. The van der Waals surface area contributed by atoms with Crippen LogP contribution in [0.5, 0.6) is 11.6 Å². The molecule has 5 rings (SSSR count). The largest absolute Gasteiger partial charge is 0.493 e. The van der Waals surface area contributed by atoms with Crippen LogP contribution in [0.3, 0.4) is 0 Å². The van der Waals surface area contributed by atoms with Gasteiger partial charge in [0.25, 0.3) is 0 Å². The molecule has 1 aliphatic heterocycles. The van der Waals surface area contributed by atoms with Gasteiger partial charge in [0.2, 0.25) is 5.88 Å². The first-order valence-corrected chi connectivity index (χ1v) is 10.4. The number of aromatic hydroxyl groups is 1. The Balaban J connectivity index is 1.60. The average Bonchev–Trinajstić information content (AvgIpc) is 3.08. The van der Waals surface area contributed by atoms with Crippen LogP contribution in [0.25, 0.3) is 10.9 Å². The second-order valence-electron chi connectivity index (χ2n) is 8.03. The molecule has 0 spiro atoms. The summed E-state index contributed by atoms with van der Waals surface area (Å²) in [7, 11) is 0. The lowest BCUT2D eigenvalue weighted by Crippen LogP contribution is -2.14. The fraction of sp³-hybridized carbons (Fsp3) is 0.160. The normalized spacial score (nSPS) is 12.9. The quantitative estimate of drug-likeness (QED) is 0.312. The number of fused-ring (bicyclic) bond motifs is 2. The van der Waals surface area contributed by atoms with E-state index in [9.17, 15) is 23.6 Å². The fourth-order valence-electron chi connectivity index (χ4n) is 4.30. The molecule has 0 saturated carbocycles. The van der Waals surface area contributed by atoms with Crippen LogP contribution in [-0.4, -0.2) is 22.2 Å². The van der Waals surface area contributed by atoms with E-state index < -0.39 is 17.5 Å². The molecule has 3 aromatic carbocycles. The monoisotopic (exact) mass is 464 g/mol. The Hall–Kier alpha value is -4.11. The van der Waals surface area contributed by atoms with Gasteiger partial charge in [0.05, 0.1) is 18.7 Å². The Morgan fingerprint density at radius 2 is 1.94 bits per heavy atom. The van der Waals surface area contributed by atoms with Gasteiger partial charge in [-0.05, 0) is 66.2 Å². The van der Waals surface area contributed by atoms with E-state index in [0.717, 1.165) is 0 Å². The SMILES string of the molecule is Cc1cc(F)ccc1C(=O)c1ccc2c(c1)c(N=O)c(O)n2Cc1cc(F)cc2c1OCOC2. The van der Waals surface area contributed by atoms with Crippen molar-refractivity contribution < 1.29 is 28.2 Å². The van der Waals surface area contributed by atoms with Crippen LogP contribution in [-0.2, 0) is 17.9 Å². The Kier molecular flexibility index (Phi) is 5.33. The van der Waals surface area contributed by atoms with E-state index >= 15 is 0 Å². The fourth-order valence-corrected chi connectivity index (χ4v) is 4.30. The van der Waals surface area contributed by atoms with Crippen molar-refractivity contribution in [2.45, 2.75) is 20.1 Å². The van der Waals surface area contributed by atoms with Crippen LogP contribution in [0.1, 0.15) is 32.6 Å². The molecule has 2 heterocycles. The van der Waals surface area contributed by atoms with Crippen molar-refractivity contribution in [1.82, 2.24) is 4.57 Å². The molecule has 0 unspecified atom stereocenters. The zero-order chi connectivity index (χ0) is 24.0. The highest BCUT2D eigenvalue weighted by Crippen LogP contribution is 2.41. The number of rotatable bonds is 5. The Bertz CT molecular complexity index is 1480. The van der Waals surface area contributed by atoms with Crippen molar-refractivity contribution in [2.75, 3.05) is 6.79 Å². The highest BCUT2D eigenvalue weighted by Gasteiger charge is 2.23. The summed E-state index contributed by atoms with van der Waals surface area (Å²) in [5, 5.41) is 14.0. The van der Waals surface area contributed by atoms with Crippen LogP contribution in [0.2, 0.25) is 0 Å². The molecule has 0 aliphatic carbocycles. The van der Waals surface area contributed by atoms with Gasteiger partial charge in [0.15, 0.2) is 18.3 Å². The average molecular weight is 464 g/mol. The Morgan fingerprint density at radius 1 is 1.12 bits per heavy atom. The van der Waals surface area contributed by atoms with Crippen LogP contribution in [0, 0.1) is 23.5 Å². The van der Waals surface area contributed by atoms with Crippen molar-refractivity contribution in [3.05, 3.63) is 92.9 Å². The van der Waals surface area contributed by atoms with Crippen LogP contribution in [0.15, 0.2) is 53.7 Å². The lowest BCUT2D eigenvalue weighted by atomic mass is 9.98. The maximum atomic E-state index is 14.2. The molecule has 7 nitrogen and oxygen atoms in total. The first-order chi connectivity index (χ1) is 16.4. The Labute approximate surface area is 192 Å². The number of aromatic nitrogens is 1. The molecular weight excluding hydrogens is 446 g/mol. The van der Waals surface area contributed by atoms with Crippen LogP contribution in [0.4, 0.5) is 14.5 Å². The van der Waals surface area contributed by atoms with Gasteiger partial charge in [-0.15, -0.1) is 4.91 Å². The predicted octanol–water partition coefficient (Wildman–Crippen LogP) is 5.48. The van der Waals surface area contributed by atoms with Crippen molar-refractivity contribution in [3.63, 3.8) is 0 Å². The van der Waals surface area contributed by atoms with E-state index in [1.165, 1.54) is 41.0 Å². The predicted molar refractivity (Wildman–Crippen MR) is 119 cm³/mol. The standard InChI is InChI=1S/C25H18F2N2O5/c1-13-6-17(26)3-4-19(13)23(30)14-2-5-21-20(9-14)22(28-32)25(31)29(21)10-15-7-18(27)8-16-11-33-12-34-24(15)16/h2-9,31H,10-12H2,1H3. The topological polar surface area (TPSA) is 90.1 Å². The lowest BCUT2D eigenvalue weighted by molar-refractivity contribution is -0.0173. The third kappa shape index (κ3) is 3.60. The number of ether oxygens (including phenoxy) is 2. The summed E-state index contributed by atoms with van der Waals surface area (Å²) in [4.78, 5) is 24.6.